The third-order valence-corrected chi connectivity index (χ3v) is 4.13. The molecule has 1 aliphatic rings. The van der Waals surface area contributed by atoms with E-state index in [1.54, 1.807) is 36.5 Å². The number of hydrogen-bond donors (Lipinski definition) is 2. The molecule has 7 heteroatoms. The Hall–Kier alpha value is -2.95. The highest BCUT2D eigenvalue weighted by Gasteiger charge is 2.10. The van der Waals surface area contributed by atoms with Gasteiger partial charge in [-0.1, -0.05) is 0 Å². The maximum atomic E-state index is 12.4. The molecule has 2 aromatic rings. The predicted octanol–water partition coefficient (Wildman–Crippen LogP) is 1.95. The minimum absolute atomic E-state index is 0.237. The molecule has 1 fully saturated rings. The van der Waals surface area contributed by atoms with Crippen LogP contribution in [-0.4, -0.2) is 55.2 Å². The van der Waals surface area contributed by atoms with Crippen molar-refractivity contribution < 1.29 is 9.53 Å². The van der Waals surface area contributed by atoms with Crippen LogP contribution in [0, 0.1) is 11.3 Å². The Kier molecular flexibility index (Phi) is 6.14. The Balaban J connectivity index is 1.53. The molecule has 0 saturated carbocycles. The number of rotatable bonds is 6. The molecular formula is C19H21N5O2. The summed E-state index contributed by atoms with van der Waals surface area (Å²) in [5.74, 6) is -0.237. The van der Waals surface area contributed by atoms with Crippen molar-refractivity contribution in [1.29, 1.82) is 5.26 Å². The van der Waals surface area contributed by atoms with Crippen LogP contribution in [0.15, 0.2) is 42.7 Å². The SMILES string of the molecule is N#Cc1ccc(NC(=O)c2cncc(NCCN3CCOCC3)c2)cc1. The van der Waals surface area contributed by atoms with E-state index in [1.807, 2.05) is 6.07 Å². The molecule has 1 aliphatic heterocycles. The number of nitriles is 1. The molecule has 0 bridgehead atoms. The summed E-state index contributed by atoms with van der Waals surface area (Å²) in [7, 11) is 0. The van der Waals surface area contributed by atoms with Gasteiger partial charge in [0.05, 0.1) is 36.1 Å². The zero-order chi connectivity index (χ0) is 18.2. The molecule has 0 spiro atoms. The molecule has 1 aromatic heterocycles. The second kappa shape index (κ2) is 8.94. The van der Waals surface area contributed by atoms with E-state index in [0.717, 1.165) is 45.1 Å². The lowest BCUT2D eigenvalue weighted by Gasteiger charge is -2.26. The van der Waals surface area contributed by atoms with Gasteiger partial charge in [0.1, 0.15) is 0 Å². The number of pyridine rings is 1. The summed E-state index contributed by atoms with van der Waals surface area (Å²) in [5.41, 5.74) is 2.48. The zero-order valence-corrected chi connectivity index (χ0v) is 14.4. The maximum Gasteiger partial charge on any atom is 0.257 e. The first-order valence-corrected chi connectivity index (χ1v) is 8.55. The minimum Gasteiger partial charge on any atom is -0.382 e. The molecule has 3 rings (SSSR count). The van der Waals surface area contributed by atoms with Crippen LogP contribution >= 0.6 is 0 Å². The second-order valence-electron chi connectivity index (χ2n) is 5.99. The summed E-state index contributed by atoms with van der Waals surface area (Å²) in [4.78, 5) is 18.9. The molecule has 1 aromatic carbocycles. The summed E-state index contributed by atoms with van der Waals surface area (Å²) >= 11 is 0. The third-order valence-electron chi connectivity index (χ3n) is 4.13. The first-order chi connectivity index (χ1) is 12.7. The summed E-state index contributed by atoms with van der Waals surface area (Å²) < 4.78 is 5.34. The molecule has 0 radical (unpaired) electrons. The number of morpholine rings is 1. The van der Waals surface area contributed by atoms with Crippen LogP contribution in [0.3, 0.4) is 0 Å². The van der Waals surface area contributed by atoms with Gasteiger partial charge in [-0.2, -0.15) is 5.26 Å². The van der Waals surface area contributed by atoms with Crippen molar-refractivity contribution in [1.82, 2.24) is 9.88 Å². The molecule has 2 N–H and O–H groups in total. The molecule has 2 heterocycles. The highest BCUT2D eigenvalue weighted by molar-refractivity contribution is 6.04. The van der Waals surface area contributed by atoms with Gasteiger partial charge in [0.2, 0.25) is 0 Å². The number of nitrogens with one attached hydrogen (secondary N) is 2. The fraction of sp³-hybridized carbons (Fsp3) is 0.316. The van der Waals surface area contributed by atoms with Crippen LogP contribution in [-0.2, 0) is 4.74 Å². The van der Waals surface area contributed by atoms with Gasteiger partial charge in [-0.05, 0) is 30.3 Å². The van der Waals surface area contributed by atoms with Crippen LogP contribution in [0.1, 0.15) is 15.9 Å². The Morgan fingerprint density at radius 3 is 2.69 bits per heavy atom. The topological polar surface area (TPSA) is 90.3 Å². The van der Waals surface area contributed by atoms with E-state index in [9.17, 15) is 4.79 Å². The second-order valence-corrected chi connectivity index (χ2v) is 5.99. The first kappa shape index (κ1) is 17.9. The summed E-state index contributed by atoms with van der Waals surface area (Å²) in [5, 5.41) is 14.9. The van der Waals surface area contributed by atoms with Crippen molar-refractivity contribution in [2.75, 3.05) is 50.0 Å². The number of benzene rings is 1. The molecular weight excluding hydrogens is 330 g/mol. The Bertz CT molecular complexity index is 779. The number of amides is 1. The van der Waals surface area contributed by atoms with Gasteiger partial charge >= 0.3 is 0 Å². The number of ether oxygens (including phenoxy) is 1. The summed E-state index contributed by atoms with van der Waals surface area (Å²) in [6.45, 7) is 5.17. The molecule has 134 valence electrons. The molecule has 0 atom stereocenters. The normalized spacial score (nSPS) is 14.4. The van der Waals surface area contributed by atoms with E-state index in [1.165, 1.54) is 6.20 Å². The van der Waals surface area contributed by atoms with Gasteiger partial charge in [0.15, 0.2) is 0 Å². The first-order valence-electron chi connectivity index (χ1n) is 8.55. The van der Waals surface area contributed by atoms with Crippen molar-refractivity contribution in [2.45, 2.75) is 0 Å². The van der Waals surface area contributed by atoms with Gasteiger partial charge in [0.25, 0.3) is 5.91 Å². The van der Waals surface area contributed by atoms with Crippen molar-refractivity contribution in [3.63, 3.8) is 0 Å². The maximum absolute atomic E-state index is 12.4. The number of nitrogens with zero attached hydrogens (tertiary/aromatic N) is 3. The lowest BCUT2D eigenvalue weighted by Crippen LogP contribution is -2.39. The Morgan fingerprint density at radius 2 is 1.96 bits per heavy atom. The van der Waals surface area contributed by atoms with Crippen molar-refractivity contribution in [2.24, 2.45) is 0 Å². The lowest BCUT2D eigenvalue weighted by atomic mass is 10.2. The number of carbonyl (C=O) groups excluding carboxylic acids is 1. The zero-order valence-electron chi connectivity index (χ0n) is 14.4. The van der Waals surface area contributed by atoms with Crippen molar-refractivity contribution in [3.8, 4) is 6.07 Å². The van der Waals surface area contributed by atoms with Gasteiger partial charge in [-0.25, -0.2) is 0 Å². The van der Waals surface area contributed by atoms with Crippen LogP contribution in [0.25, 0.3) is 0 Å². The minimum atomic E-state index is -0.237. The van der Waals surface area contributed by atoms with Crippen molar-refractivity contribution >= 4 is 17.3 Å². The summed E-state index contributed by atoms with van der Waals surface area (Å²) in [6.07, 6.45) is 3.24. The highest BCUT2D eigenvalue weighted by atomic mass is 16.5. The van der Waals surface area contributed by atoms with Crippen LogP contribution < -0.4 is 10.6 Å². The predicted molar refractivity (Wildman–Crippen MR) is 99.1 cm³/mol. The molecule has 1 saturated heterocycles. The molecule has 7 nitrogen and oxygen atoms in total. The summed E-state index contributed by atoms with van der Waals surface area (Å²) in [6, 6.07) is 10.6. The third kappa shape index (κ3) is 5.02. The van der Waals surface area contributed by atoms with E-state index in [2.05, 4.69) is 20.5 Å². The quantitative estimate of drug-likeness (QED) is 0.827. The van der Waals surface area contributed by atoms with Crippen LogP contribution in [0.5, 0.6) is 0 Å². The van der Waals surface area contributed by atoms with E-state index in [0.29, 0.717) is 16.8 Å². The highest BCUT2D eigenvalue weighted by Crippen LogP contribution is 2.13. The smallest absolute Gasteiger partial charge is 0.257 e. The van der Waals surface area contributed by atoms with Gasteiger partial charge in [-0.15, -0.1) is 0 Å². The average molecular weight is 351 g/mol. The average Bonchev–Trinajstić information content (AvgIpc) is 2.69. The number of hydrogen-bond acceptors (Lipinski definition) is 6. The molecule has 26 heavy (non-hydrogen) atoms. The number of carbonyl (C=O) groups is 1. The fourth-order valence-corrected chi connectivity index (χ4v) is 2.68. The van der Waals surface area contributed by atoms with Crippen LogP contribution in [0.2, 0.25) is 0 Å². The lowest BCUT2D eigenvalue weighted by molar-refractivity contribution is 0.0398. The standard InChI is InChI=1S/C19H21N5O2/c20-12-15-1-3-17(4-2-15)23-19(25)16-11-18(14-21-13-16)22-5-6-24-7-9-26-10-8-24/h1-4,11,13-14,22H,5-10H2,(H,23,25). The Labute approximate surface area is 152 Å². The van der Waals surface area contributed by atoms with Crippen LogP contribution in [0.4, 0.5) is 11.4 Å². The monoisotopic (exact) mass is 351 g/mol. The van der Waals surface area contributed by atoms with E-state index < -0.39 is 0 Å². The molecule has 0 aliphatic carbocycles. The Morgan fingerprint density at radius 1 is 1.19 bits per heavy atom. The van der Waals surface area contributed by atoms with E-state index in [4.69, 9.17) is 10.00 Å². The van der Waals surface area contributed by atoms with Crippen molar-refractivity contribution in [3.05, 3.63) is 53.9 Å². The molecule has 1 amide bonds. The largest absolute Gasteiger partial charge is 0.382 e. The number of aromatic nitrogens is 1. The molecule has 0 unspecified atom stereocenters. The van der Waals surface area contributed by atoms with E-state index >= 15 is 0 Å². The number of anilines is 2. The fourth-order valence-electron chi connectivity index (χ4n) is 2.68. The van der Waals surface area contributed by atoms with Gasteiger partial charge < -0.3 is 15.4 Å². The van der Waals surface area contributed by atoms with Gasteiger partial charge in [-0.3, -0.25) is 14.7 Å². The van der Waals surface area contributed by atoms with E-state index in [-0.39, 0.29) is 5.91 Å². The van der Waals surface area contributed by atoms with Gasteiger partial charge in [0, 0.05) is 44.3 Å².